The average Bonchev–Trinajstić information content (AvgIpc) is 3.48. The van der Waals surface area contributed by atoms with Gasteiger partial charge in [-0.1, -0.05) is 6.07 Å². The maximum absolute atomic E-state index is 13.1. The third-order valence-corrected chi connectivity index (χ3v) is 5.85. The van der Waals surface area contributed by atoms with Crippen molar-refractivity contribution in [3.8, 4) is 23.0 Å². The second-order valence-corrected chi connectivity index (χ2v) is 7.81. The molecule has 3 aromatic rings. The van der Waals surface area contributed by atoms with Crippen LogP contribution in [0.2, 0.25) is 0 Å². The molecule has 0 aliphatic carbocycles. The van der Waals surface area contributed by atoms with Crippen molar-refractivity contribution in [2.24, 2.45) is 0 Å². The Kier molecular flexibility index (Phi) is 4.96. The van der Waals surface area contributed by atoms with Crippen molar-refractivity contribution in [3.63, 3.8) is 0 Å². The highest BCUT2D eigenvalue weighted by Crippen LogP contribution is 2.36. The van der Waals surface area contributed by atoms with Crippen LogP contribution in [-0.2, 0) is 0 Å². The molecule has 0 bridgehead atoms. The summed E-state index contributed by atoms with van der Waals surface area (Å²) in [6.45, 7) is 2.76. The summed E-state index contributed by atoms with van der Waals surface area (Å²) in [5, 5.41) is 19.6. The summed E-state index contributed by atoms with van der Waals surface area (Å²) in [6.07, 6.45) is 1.58. The Labute approximate surface area is 182 Å². The Morgan fingerprint density at radius 1 is 1.19 bits per heavy atom. The SMILES string of the molecule is Cc1c(C(=O)N2CCCC(c3nnc(-c4ccc5c(c4)OCO5)o3)C2)cccc1[N+](=O)[O-]. The quantitative estimate of drug-likeness (QED) is 0.448. The van der Waals surface area contributed by atoms with Gasteiger partial charge >= 0.3 is 0 Å². The summed E-state index contributed by atoms with van der Waals surface area (Å²) in [5.74, 6) is 1.80. The molecule has 1 unspecified atom stereocenters. The lowest BCUT2D eigenvalue weighted by molar-refractivity contribution is -0.385. The average molecular weight is 436 g/mol. The molecule has 0 radical (unpaired) electrons. The molecule has 0 spiro atoms. The highest BCUT2D eigenvalue weighted by molar-refractivity contribution is 5.96. The molecule has 1 saturated heterocycles. The van der Waals surface area contributed by atoms with E-state index >= 15 is 0 Å². The van der Waals surface area contributed by atoms with Crippen molar-refractivity contribution >= 4 is 11.6 Å². The number of nitro benzene ring substituents is 1. The number of rotatable bonds is 4. The summed E-state index contributed by atoms with van der Waals surface area (Å²) in [6, 6.07) is 9.98. The van der Waals surface area contributed by atoms with Crippen LogP contribution in [-0.4, -0.2) is 45.8 Å². The smallest absolute Gasteiger partial charge is 0.273 e. The molecule has 164 valence electrons. The molecule has 10 nitrogen and oxygen atoms in total. The first kappa shape index (κ1) is 20.0. The number of nitro groups is 1. The maximum Gasteiger partial charge on any atom is 0.273 e. The van der Waals surface area contributed by atoms with E-state index in [4.69, 9.17) is 13.9 Å². The first-order valence-corrected chi connectivity index (χ1v) is 10.3. The lowest BCUT2D eigenvalue weighted by Crippen LogP contribution is -2.39. The fourth-order valence-electron chi connectivity index (χ4n) is 4.13. The number of amides is 1. The van der Waals surface area contributed by atoms with Gasteiger partial charge in [0.15, 0.2) is 11.5 Å². The molecule has 0 N–H and O–H groups in total. The Bertz CT molecular complexity index is 1210. The molecule has 2 aromatic carbocycles. The normalized spacial score (nSPS) is 17.4. The molecule has 1 amide bonds. The van der Waals surface area contributed by atoms with Crippen molar-refractivity contribution in [1.82, 2.24) is 15.1 Å². The standard InChI is InChI=1S/C22H20N4O6/c1-13-16(5-2-6-17(13)26(28)29)22(27)25-9-3-4-15(11-25)21-24-23-20(32-21)14-7-8-18-19(10-14)31-12-30-18/h2,5-8,10,15H,3-4,9,11-12H2,1H3. The number of carbonyl (C=O) groups excluding carboxylic acids is 1. The van der Waals surface area contributed by atoms with Gasteiger partial charge in [-0.15, -0.1) is 10.2 Å². The second-order valence-electron chi connectivity index (χ2n) is 7.81. The third kappa shape index (κ3) is 3.53. The summed E-state index contributed by atoms with van der Waals surface area (Å²) >= 11 is 0. The molecule has 1 fully saturated rings. The molecule has 10 heteroatoms. The topological polar surface area (TPSA) is 121 Å². The fraction of sp³-hybridized carbons (Fsp3) is 0.318. The minimum Gasteiger partial charge on any atom is -0.454 e. The van der Waals surface area contributed by atoms with E-state index in [1.165, 1.54) is 12.1 Å². The van der Waals surface area contributed by atoms with Gasteiger partial charge in [-0.3, -0.25) is 14.9 Å². The van der Waals surface area contributed by atoms with Gasteiger partial charge < -0.3 is 18.8 Å². The Morgan fingerprint density at radius 2 is 2.03 bits per heavy atom. The van der Waals surface area contributed by atoms with Crippen molar-refractivity contribution < 1.29 is 23.6 Å². The van der Waals surface area contributed by atoms with Crippen LogP contribution in [0, 0.1) is 17.0 Å². The van der Waals surface area contributed by atoms with E-state index in [0.717, 1.165) is 18.4 Å². The van der Waals surface area contributed by atoms with Gasteiger partial charge in [0.2, 0.25) is 18.6 Å². The van der Waals surface area contributed by atoms with Crippen LogP contribution in [0.4, 0.5) is 5.69 Å². The summed E-state index contributed by atoms with van der Waals surface area (Å²) < 4.78 is 16.7. The highest BCUT2D eigenvalue weighted by atomic mass is 16.7. The van der Waals surface area contributed by atoms with Crippen LogP contribution in [0.3, 0.4) is 0 Å². The molecule has 32 heavy (non-hydrogen) atoms. The highest BCUT2D eigenvalue weighted by Gasteiger charge is 2.31. The Balaban J connectivity index is 1.34. The monoisotopic (exact) mass is 436 g/mol. The lowest BCUT2D eigenvalue weighted by atomic mass is 9.96. The molecule has 2 aliphatic heterocycles. The van der Waals surface area contributed by atoms with Crippen LogP contribution in [0.25, 0.3) is 11.5 Å². The molecule has 2 aliphatic rings. The number of likely N-dealkylation sites (tertiary alicyclic amines) is 1. The Morgan fingerprint density at radius 3 is 2.88 bits per heavy atom. The van der Waals surface area contributed by atoms with Gasteiger partial charge in [0.25, 0.3) is 11.6 Å². The predicted octanol–water partition coefficient (Wildman–Crippen LogP) is 3.70. The van der Waals surface area contributed by atoms with E-state index in [0.29, 0.717) is 47.5 Å². The number of fused-ring (bicyclic) bond motifs is 1. The number of nitrogens with zero attached hydrogens (tertiary/aromatic N) is 4. The van der Waals surface area contributed by atoms with Gasteiger partial charge in [0, 0.05) is 35.8 Å². The van der Waals surface area contributed by atoms with E-state index in [9.17, 15) is 14.9 Å². The van der Waals surface area contributed by atoms with Crippen molar-refractivity contribution in [2.75, 3.05) is 19.9 Å². The number of hydrogen-bond donors (Lipinski definition) is 0. The van der Waals surface area contributed by atoms with E-state index < -0.39 is 4.92 Å². The molecule has 5 rings (SSSR count). The number of hydrogen-bond acceptors (Lipinski definition) is 8. The van der Waals surface area contributed by atoms with Crippen LogP contribution >= 0.6 is 0 Å². The number of piperidine rings is 1. The van der Waals surface area contributed by atoms with Crippen LogP contribution in [0.5, 0.6) is 11.5 Å². The molecule has 1 aromatic heterocycles. The maximum atomic E-state index is 13.1. The van der Waals surface area contributed by atoms with Crippen molar-refractivity contribution in [1.29, 1.82) is 0 Å². The summed E-state index contributed by atoms with van der Waals surface area (Å²) in [7, 11) is 0. The zero-order chi connectivity index (χ0) is 22.2. The molecular weight excluding hydrogens is 416 g/mol. The fourth-order valence-corrected chi connectivity index (χ4v) is 4.13. The van der Waals surface area contributed by atoms with E-state index in [-0.39, 0.29) is 24.3 Å². The van der Waals surface area contributed by atoms with Gasteiger partial charge in [0.05, 0.1) is 10.8 Å². The van der Waals surface area contributed by atoms with E-state index in [2.05, 4.69) is 10.2 Å². The number of benzene rings is 2. The molecule has 3 heterocycles. The minimum atomic E-state index is -0.471. The molecular formula is C22H20N4O6. The van der Waals surface area contributed by atoms with E-state index in [1.54, 1.807) is 30.0 Å². The zero-order valence-electron chi connectivity index (χ0n) is 17.3. The van der Waals surface area contributed by atoms with Crippen molar-refractivity contribution in [3.05, 3.63) is 63.5 Å². The second kappa shape index (κ2) is 7.95. The molecule has 0 saturated carbocycles. The number of aromatic nitrogens is 2. The molecule has 1 atom stereocenters. The van der Waals surface area contributed by atoms with Gasteiger partial charge in [-0.05, 0) is 44.0 Å². The third-order valence-electron chi connectivity index (χ3n) is 5.85. The van der Waals surface area contributed by atoms with Gasteiger partial charge in [0.1, 0.15) is 0 Å². The summed E-state index contributed by atoms with van der Waals surface area (Å²) in [5.41, 5.74) is 1.37. The first-order chi connectivity index (χ1) is 15.5. The largest absolute Gasteiger partial charge is 0.454 e. The van der Waals surface area contributed by atoms with Crippen molar-refractivity contribution in [2.45, 2.75) is 25.7 Å². The predicted molar refractivity (Wildman–Crippen MR) is 112 cm³/mol. The summed E-state index contributed by atoms with van der Waals surface area (Å²) in [4.78, 5) is 25.6. The van der Waals surface area contributed by atoms with Crippen LogP contribution in [0.15, 0.2) is 40.8 Å². The van der Waals surface area contributed by atoms with Crippen LogP contribution < -0.4 is 9.47 Å². The van der Waals surface area contributed by atoms with Gasteiger partial charge in [-0.25, -0.2) is 0 Å². The lowest BCUT2D eigenvalue weighted by Gasteiger charge is -2.31. The number of carbonyl (C=O) groups is 1. The zero-order valence-corrected chi connectivity index (χ0v) is 17.3. The van der Waals surface area contributed by atoms with Gasteiger partial charge in [-0.2, -0.15) is 0 Å². The minimum absolute atomic E-state index is 0.0605. The Hall–Kier alpha value is -3.95. The first-order valence-electron chi connectivity index (χ1n) is 10.3. The van der Waals surface area contributed by atoms with E-state index in [1.807, 2.05) is 6.07 Å². The van der Waals surface area contributed by atoms with Crippen LogP contribution in [0.1, 0.15) is 40.6 Å². The number of ether oxygens (including phenoxy) is 2.